The quantitative estimate of drug-likeness (QED) is 0.314. The van der Waals surface area contributed by atoms with Crippen LogP contribution in [0.3, 0.4) is 0 Å². The van der Waals surface area contributed by atoms with Crippen molar-refractivity contribution in [2.75, 3.05) is 32.5 Å². The topological polar surface area (TPSA) is 85.6 Å². The van der Waals surface area contributed by atoms with Crippen LogP contribution >= 0.6 is 0 Å². The molecule has 0 aliphatic heterocycles. The standard InChI is InChI=1S/C28H45N3O3/c1-4-34-27(32)31-16-8-6-5-7-15-30-26-12-11-23-21-10-9-19-17-25(33-3)24(29)18-22(19)20(21)13-14-28(23,26)2/h17-18,20-21,23,26,30H,4-16,29H2,1-3H3,(H,31,32)/t20-,21+,23-,26-,28-/m0/s1. The molecule has 0 bridgehead atoms. The van der Waals surface area contributed by atoms with Crippen molar-refractivity contribution in [2.24, 2.45) is 17.3 Å². The number of methoxy groups -OCH3 is 1. The van der Waals surface area contributed by atoms with Crippen molar-refractivity contribution in [1.29, 1.82) is 0 Å². The van der Waals surface area contributed by atoms with Crippen molar-refractivity contribution in [1.82, 2.24) is 10.6 Å². The summed E-state index contributed by atoms with van der Waals surface area (Å²) in [5.41, 5.74) is 10.5. The largest absolute Gasteiger partial charge is 0.495 e. The van der Waals surface area contributed by atoms with Crippen molar-refractivity contribution < 1.29 is 14.3 Å². The Morgan fingerprint density at radius 3 is 2.68 bits per heavy atom. The van der Waals surface area contributed by atoms with Gasteiger partial charge in [-0.15, -0.1) is 0 Å². The van der Waals surface area contributed by atoms with Crippen LogP contribution in [-0.2, 0) is 11.2 Å². The number of nitrogens with one attached hydrogen (secondary N) is 2. The number of hydrogen-bond donors (Lipinski definition) is 3. The number of alkyl carbamates (subject to hydrolysis) is 1. The smallest absolute Gasteiger partial charge is 0.407 e. The number of carbonyl (C=O) groups excluding carboxylic acids is 1. The maximum atomic E-state index is 11.3. The van der Waals surface area contributed by atoms with Gasteiger partial charge in [-0.05, 0) is 111 Å². The number of anilines is 1. The number of hydrogen-bond acceptors (Lipinski definition) is 5. The molecule has 4 N–H and O–H groups in total. The molecular weight excluding hydrogens is 426 g/mol. The van der Waals surface area contributed by atoms with Gasteiger partial charge in [0.05, 0.1) is 19.4 Å². The van der Waals surface area contributed by atoms with E-state index < -0.39 is 0 Å². The number of amides is 1. The first-order valence-electron chi connectivity index (χ1n) is 13.6. The monoisotopic (exact) mass is 471 g/mol. The second-order valence-electron chi connectivity index (χ2n) is 10.9. The van der Waals surface area contributed by atoms with Crippen molar-refractivity contribution in [2.45, 2.75) is 90.0 Å². The van der Waals surface area contributed by atoms with E-state index in [-0.39, 0.29) is 6.09 Å². The minimum Gasteiger partial charge on any atom is -0.495 e. The van der Waals surface area contributed by atoms with Crippen LogP contribution in [0.1, 0.15) is 88.7 Å². The van der Waals surface area contributed by atoms with Crippen molar-refractivity contribution in [3.8, 4) is 5.75 Å². The molecule has 5 atom stereocenters. The highest BCUT2D eigenvalue weighted by Crippen LogP contribution is 2.61. The summed E-state index contributed by atoms with van der Waals surface area (Å²) in [5.74, 6) is 3.10. The zero-order valence-electron chi connectivity index (χ0n) is 21.5. The third kappa shape index (κ3) is 5.17. The number of fused-ring (bicyclic) bond motifs is 5. The molecule has 3 aliphatic rings. The van der Waals surface area contributed by atoms with Gasteiger partial charge in [0.25, 0.3) is 0 Å². The van der Waals surface area contributed by atoms with Gasteiger partial charge in [0.1, 0.15) is 5.75 Å². The van der Waals surface area contributed by atoms with Crippen LogP contribution in [0.4, 0.5) is 10.5 Å². The minimum atomic E-state index is -0.299. The number of unbranched alkanes of at least 4 members (excludes halogenated alkanes) is 3. The third-order valence-corrected chi connectivity index (χ3v) is 9.11. The minimum absolute atomic E-state index is 0.299. The van der Waals surface area contributed by atoms with E-state index in [4.69, 9.17) is 15.2 Å². The Bertz CT molecular complexity index is 844. The average molecular weight is 472 g/mol. The molecule has 0 spiro atoms. The fourth-order valence-electron chi connectivity index (χ4n) is 7.38. The van der Waals surface area contributed by atoms with E-state index in [1.807, 2.05) is 6.92 Å². The summed E-state index contributed by atoms with van der Waals surface area (Å²) in [4.78, 5) is 11.3. The second-order valence-corrected chi connectivity index (χ2v) is 10.9. The van der Waals surface area contributed by atoms with E-state index in [9.17, 15) is 4.79 Å². The van der Waals surface area contributed by atoms with Gasteiger partial charge in [-0.1, -0.05) is 19.8 Å². The summed E-state index contributed by atoms with van der Waals surface area (Å²) in [6.07, 6.45) is 12.0. The molecule has 190 valence electrons. The van der Waals surface area contributed by atoms with E-state index in [2.05, 4.69) is 29.7 Å². The number of nitrogens with two attached hydrogens (primary N) is 1. The average Bonchev–Trinajstić information content (AvgIpc) is 3.16. The molecule has 6 nitrogen and oxygen atoms in total. The van der Waals surface area contributed by atoms with Crippen LogP contribution in [0, 0.1) is 17.3 Å². The molecule has 4 rings (SSSR count). The Morgan fingerprint density at radius 1 is 1.12 bits per heavy atom. The first kappa shape index (κ1) is 25.2. The normalized spacial score (nSPS) is 29.6. The predicted molar refractivity (Wildman–Crippen MR) is 137 cm³/mol. The van der Waals surface area contributed by atoms with E-state index in [1.165, 1.54) is 56.1 Å². The van der Waals surface area contributed by atoms with E-state index in [0.717, 1.165) is 49.1 Å². The maximum Gasteiger partial charge on any atom is 0.407 e. The fraction of sp³-hybridized carbons (Fsp3) is 0.750. The maximum absolute atomic E-state index is 11.3. The van der Waals surface area contributed by atoms with Gasteiger partial charge in [-0.3, -0.25) is 0 Å². The Kier molecular flexibility index (Phi) is 8.28. The number of benzene rings is 1. The van der Waals surface area contributed by atoms with E-state index in [1.54, 1.807) is 7.11 Å². The summed E-state index contributed by atoms with van der Waals surface area (Å²) in [5, 5.41) is 6.76. The molecule has 0 saturated heterocycles. The molecule has 0 aromatic heterocycles. The summed E-state index contributed by atoms with van der Waals surface area (Å²) in [6.45, 7) is 6.63. The molecule has 0 heterocycles. The molecule has 0 radical (unpaired) electrons. The molecule has 0 unspecified atom stereocenters. The Balaban J connectivity index is 1.24. The van der Waals surface area contributed by atoms with Crippen molar-refractivity contribution >= 4 is 11.8 Å². The highest BCUT2D eigenvalue weighted by atomic mass is 16.5. The summed E-state index contributed by atoms with van der Waals surface area (Å²) >= 11 is 0. The lowest BCUT2D eigenvalue weighted by Crippen LogP contribution is -2.48. The molecule has 34 heavy (non-hydrogen) atoms. The Labute approximate surface area is 205 Å². The highest BCUT2D eigenvalue weighted by Gasteiger charge is 2.54. The van der Waals surface area contributed by atoms with Gasteiger partial charge in [0, 0.05) is 12.6 Å². The lowest BCUT2D eigenvalue weighted by atomic mass is 9.55. The number of rotatable bonds is 10. The third-order valence-electron chi connectivity index (χ3n) is 9.11. The van der Waals surface area contributed by atoms with Crippen molar-refractivity contribution in [3.63, 3.8) is 0 Å². The second kappa shape index (κ2) is 11.2. The summed E-state index contributed by atoms with van der Waals surface area (Å²) in [7, 11) is 1.71. The molecule has 2 fully saturated rings. The van der Waals surface area contributed by atoms with E-state index in [0.29, 0.717) is 30.5 Å². The van der Waals surface area contributed by atoms with Gasteiger partial charge in [0.2, 0.25) is 0 Å². The van der Waals surface area contributed by atoms with Gasteiger partial charge in [-0.2, -0.15) is 0 Å². The SMILES string of the molecule is CCOC(=O)NCCCCCCN[C@H]1CC[C@H]2[C@@H]3CCc4cc(OC)c(N)cc4[C@H]3CC[C@]12C. The van der Waals surface area contributed by atoms with Crippen molar-refractivity contribution in [3.05, 3.63) is 23.3 Å². The van der Waals surface area contributed by atoms with Crippen LogP contribution in [0.25, 0.3) is 0 Å². The zero-order chi connectivity index (χ0) is 24.1. The van der Waals surface area contributed by atoms with Crippen LogP contribution in [-0.4, -0.2) is 38.9 Å². The lowest BCUT2D eigenvalue weighted by Gasteiger charge is -2.51. The Morgan fingerprint density at radius 2 is 1.91 bits per heavy atom. The van der Waals surface area contributed by atoms with Gasteiger partial charge < -0.3 is 25.8 Å². The fourth-order valence-corrected chi connectivity index (χ4v) is 7.38. The predicted octanol–water partition coefficient (Wildman–Crippen LogP) is 5.40. The van der Waals surface area contributed by atoms with Gasteiger partial charge >= 0.3 is 6.09 Å². The van der Waals surface area contributed by atoms with Crippen LogP contribution in [0.5, 0.6) is 5.75 Å². The molecule has 2 saturated carbocycles. The van der Waals surface area contributed by atoms with E-state index >= 15 is 0 Å². The summed E-state index contributed by atoms with van der Waals surface area (Å²) < 4.78 is 10.4. The van der Waals surface area contributed by atoms with Gasteiger partial charge in [-0.25, -0.2) is 4.79 Å². The Hall–Kier alpha value is -1.95. The molecule has 1 amide bonds. The van der Waals surface area contributed by atoms with Gasteiger partial charge in [0.15, 0.2) is 0 Å². The first-order valence-corrected chi connectivity index (χ1v) is 13.6. The number of carbonyl (C=O) groups is 1. The van der Waals surface area contributed by atoms with Crippen LogP contribution in [0.15, 0.2) is 12.1 Å². The first-order chi connectivity index (χ1) is 16.5. The summed E-state index contributed by atoms with van der Waals surface area (Å²) in [6, 6.07) is 5.06. The molecule has 1 aromatic carbocycles. The number of ether oxygens (including phenoxy) is 2. The molecule has 6 heteroatoms. The number of nitrogen functional groups attached to an aromatic ring is 1. The lowest BCUT2D eigenvalue weighted by molar-refractivity contribution is 0.0412. The highest BCUT2D eigenvalue weighted by molar-refractivity contribution is 5.66. The number of aryl methyl sites for hydroxylation is 1. The van der Waals surface area contributed by atoms with Crippen LogP contribution in [0.2, 0.25) is 0 Å². The molecule has 1 aromatic rings. The molecular formula is C28H45N3O3. The zero-order valence-corrected chi connectivity index (χ0v) is 21.5. The molecule has 3 aliphatic carbocycles. The van der Waals surface area contributed by atoms with Crippen LogP contribution < -0.4 is 21.1 Å².